The third-order valence-corrected chi connectivity index (χ3v) is 2.46. The summed E-state index contributed by atoms with van der Waals surface area (Å²) in [4.78, 5) is 15.0. The molecule has 0 bridgehead atoms. The quantitative estimate of drug-likeness (QED) is 0.844. The molecular formula is C12H13NO4. The number of aliphatic hydroxyl groups excluding tert-OH is 1. The lowest BCUT2D eigenvalue weighted by molar-refractivity contribution is 0.0697. The van der Waals surface area contributed by atoms with Gasteiger partial charge >= 0.3 is 5.97 Å². The molecule has 0 aliphatic rings. The highest BCUT2D eigenvalue weighted by Crippen LogP contribution is 2.18. The molecule has 0 amide bonds. The van der Waals surface area contributed by atoms with Crippen molar-refractivity contribution >= 4 is 17.1 Å². The summed E-state index contributed by atoms with van der Waals surface area (Å²) >= 11 is 0. The zero-order chi connectivity index (χ0) is 12.4. The van der Waals surface area contributed by atoms with E-state index in [1.165, 1.54) is 12.1 Å². The van der Waals surface area contributed by atoms with E-state index in [1.807, 2.05) is 0 Å². The second kappa shape index (κ2) is 4.55. The van der Waals surface area contributed by atoms with Gasteiger partial charge in [-0.05, 0) is 31.5 Å². The van der Waals surface area contributed by atoms with Gasteiger partial charge in [-0.3, -0.25) is 0 Å². The molecule has 1 unspecified atom stereocenters. The van der Waals surface area contributed by atoms with Gasteiger partial charge in [0.1, 0.15) is 5.52 Å². The highest BCUT2D eigenvalue weighted by molar-refractivity contribution is 5.91. The first-order valence-electron chi connectivity index (χ1n) is 5.37. The molecule has 1 atom stereocenters. The van der Waals surface area contributed by atoms with Crippen LogP contribution in [0.5, 0.6) is 0 Å². The first-order valence-corrected chi connectivity index (χ1v) is 5.37. The Kier molecular flexibility index (Phi) is 3.10. The number of aliphatic hydroxyl groups is 1. The van der Waals surface area contributed by atoms with Crippen LogP contribution in [-0.2, 0) is 6.42 Å². The Labute approximate surface area is 97.7 Å². The van der Waals surface area contributed by atoms with Gasteiger partial charge in [0.2, 0.25) is 0 Å². The highest BCUT2D eigenvalue weighted by Gasteiger charge is 2.10. The molecule has 0 saturated heterocycles. The van der Waals surface area contributed by atoms with Gasteiger partial charge in [0.15, 0.2) is 11.5 Å². The summed E-state index contributed by atoms with van der Waals surface area (Å²) in [5.41, 5.74) is 1.27. The predicted octanol–water partition coefficient (Wildman–Crippen LogP) is 1.84. The molecular weight excluding hydrogens is 222 g/mol. The van der Waals surface area contributed by atoms with Gasteiger partial charge < -0.3 is 14.6 Å². The number of oxazole rings is 1. The number of nitrogens with zero attached hydrogens (tertiary/aromatic N) is 1. The monoisotopic (exact) mass is 235 g/mol. The maximum absolute atomic E-state index is 10.8. The minimum atomic E-state index is -0.992. The minimum absolute atomic E-state index is 0.177. The van der Waals surface area contributed by atoms with Gasteiger partial charge in [0, 0.05) is 6.42 Å². The van der Waals surface area contributed by atoms with Gasteiger partial charge in [-0.2, -0.15) is 0 Å². The zero-order valence-corrected chi connectivity index (χ0v) is 9.38. The fourth-order valence-electron chi connectivity index (χ4n) is 1.54. The van der Waals surface area contributed by atoms with E-state index in [1.54, 1.807) is 13.0 Å². The van der Waals surface area contributed by atoms with Crippen molar-refractivity contribution in [1.82, 2.24) is 4.98 Å². The van der Waals surface area contributed by atoms with E-state index in [0.717, 1.165) is 0 Å². The maximum Gasteiger partial charge on any atom is 0.335 e. The summed E-state index contributed by atoms with van der Waals surface area (Å²) < 4.78 is 5.42. The van der Waals surface area contributed by atoms with Crippen LogP contribution in [0.1, 0.15) is 29.6 Å². The van der Waals surface area contributed by atoms with Crippen molar-refractivity contribution in [1.29, 1.82) is 0 Å². The third kappa shape index (κ3) is 2.62. The first-order chi connectivity index (χ1) is 8.06. The van der Waals surface area contributed by atoms with Crippen LogP contribution in [-0.4, -0.2) is 27.3 Å². The fourth-order valence-corrected chi connectivity index (χ4v) is 1.54. The number of benzene rings is 1. The van der Waals surface area contributed by atoms with E-state index in [9.17, 15) is 4.79 Å². The zero-order valence-electron chi connectivity index (χ0n) is 9.38. The summed E-state index contributed by atoms with van der Waals surface area (Å²) in [6.45, 7) is 1.70. The molecule has 1 aromatic heterocycles. The van der Waals surface area contributed by atoms with Crippen molar-refractivity contribution < 1.29 is 19.4 Å². The largest absolute Gasteiger partial charge is 0.478 e. The number of hydrogen-bond acceptors (Lipinski definition) is 4. The van der Waals surface area contributed by atoms with Crippen LogP contribution in [0.3, 0.4) is 0 Å². The topological polar surface area (TPSA) is 83.6 Å². The number of carbonyl (C=O) groups is 1. The Balaban J connectivity index is 2.27. The summed E-state index contributed by atoms with van der Waals surface area (Å²) in [6, 6.07) is 4.57. The number of aromatic nitrogens is 1. The average molecular weight is 235 g/mol. The number of aryl methyl sites for hydroxylation is 1. The van der Waals surface area contributed by atoms with Crippen molar-refractivity contribution in [2.75, 3.05) is 0 Å². The summed E-state index contributed by atoms with van der Waals surface area (Å²) in [7, 11) is 0. The van der Waals surface area contributed by atoms with E-state index in [4.69, 9.17) is 14.6 Å². The van der Waals surface area contributed by atoms with Crippen LogP contribution in [0.25, 0.3) is 11.1 Å². The van der Waals surface area contributed by atoms with Crippen LogP contribution in [0, 0.1) is 0 Å². The molecule has 5 heteroatoms. The molecule has 17 heavy (non-hydrogen) atoms. The molecule has 2 N–H and O–H groups in total. The van der Waals surface area contributed by atoms with Crippen molar-refractivity contribution in [3.8, 4) is 0 Å². The minimum Gasteiger partial charge on any atom is -0.478 e. The maximum atomic E-state index is 10.8. The molecule has 0 aliphatic carbocycles. The van der Waals surface area contributed by atoms with Crippen LogP contribution in [0.15, 0.2) is 22.6 Å². The Morgan fingerprint density at radius 2 is 2.29 bits per heavy atom. The standard InChI is InChI=1S/C12H13NO4/c1-7(14)2-5-11-13-9-4-3-8(12(15)16)6-10(9)17-11/h3-4,6-7,14H,2,5H2,1H3,(H,15,16). The summed E-state index contributed by atoms with van der Waals surface area (Å²) in [6.07, 6.45) is 0.701. The third-order valence-electron chi connectivity index (χ3n) is 2.46. The molecule has 0 radical (unpaired) electrons. The summed E-state index contributed by atoms with van der Waals surface area (Å²) in [5.74, 6) is -0.475. The van der Waals surface area contributed by atoms with Crippen LogP contribution >= 0.6 is 0 Å². The Bertz CT molecular complexity index is 544. The molecule has 1 heterocycles. The number of fused-ring (bicyclic) bond motifs is 1. The summed E-state index contributed by atoms with van der Waals surface area (Å²) in [5, 5.41) is 18.0. The van der Waals surface area contributed by atoms with Gasteiger partial charge in [0.05, 0.1) is 11.7 Å². The highest BCUT2D eigenvalue weighted by atomic mass is 16.4. The van der Waals surface area contributed by atoms with Crippen molar-refractivity contribution in [2.24, 2.45) is 0 Å². The smallest absolute Gasteiger partial charge is 0.335 e. The lowest BCUT2D eigenvalue weighted by Gasteiger charge is -1.98. The molecule has 2 rings (SSSR count). The molecule has 0 saturated carbocycles. The molecule has 0 spiro atoms. The number of carboxylic acid groups (broad SMARTS) is 1. The van der Waals surface area contributed by atoms with Gasteiger partial charge in [-0.15, -0.1) is 0 Å². The molecule has 2 aromatic rings. The molecule has 5 nitrogen and oxygen atoms in total. The van der Waals surface area contributed by atoms with E-state index in [-0.39, 0.29) is 5.56 Å². The fraction of sp³-hybridized carbons (Fsp3) is 0.333. The molecule has 0 aliphatic heterocycles. The van der Waals surface area contributed by atoms with Gasteiger partial charge in [-0.25, -0.2) is 9.78 Å². The normalized spacial score (nSPS) is 12.8. The van der Waals surface area contributed by atoms with Gasteiger partial charge in [0.25, 0.3) is 0 Å². The predicted molar refractivity (Wildman–Crippen MR) is 61.0 cm³/mol. The molecule has 90 valence electrons. The Morgan fingerprint density at radius 3 is 2.94 bits per heavy atom. The van der Waals surface area contributed by atoms with E-state index >= 15 is 0 Å². The molecule has 1 aromatic carbocycles. The second-order valence-corrected chi connectivity index (χ2v) is 3.98. The number of rotatable bonds is 4. The Hall–Kier alpha value is -1.88. The lowest BCUT2D eigenvalue weighted by atomic mass is 10.2. The van der Waals surface area contributed by atoms with E-state index in [0.29, 0.717) is 29.8 Å². The number of carboxylic acids is 1. The first kappa shape index (κ1) is 11.6. The van der Waals surface area contributed by atoms with Crippen molar-refractivity contribution in [2.45, 2.75) is 25.9 Å². The molecule has 0 fully saturated rings. The van der Waals surface area contributed by atoms with E-state index in [2.05, 4.69) is 4.98 Å². The average Bonchev–Trinajstić information content (AvgIpc) is 2.67. The Morgan fingerprint density at radius 1 is 1.53 bits per heavy atom. The van der Waals surface area contributed by atoms with Crippen molar-refractivity contribution in [3.05, 3.63) is 29.7 Å². The number of hydrogen-bond donors (Lipinski definition) is 2. The SMILES string of the molecule is CC(O)CCc1nc2ccc(C(=O)O)cc2o1. The van der Waals surface area contributed by atoms with Gasteiger partial charge in [-0.1, -0.05) is 0 Å². The second-order valence-electron chi connectivity index (χ2n) is 3.98. The van der Waals surface area contributed by atoms with Crippen LogP contribution in [0.4, 0.5) is 0 Å². The van der Waals surface area contributed by atoms with Crippen LogP contribution < -0.4 is 0 Å². The number of aromatic carboxylic acids is 1. The van der Waals surface area contributed by atoms with Crippen molar-refractivity contribution in [3.63, 3.8) is 0 Å². The van der Waals surface area contributed by atoms with E-state index < -0.39 is 12.1 Å². The van der Waals surface area contributed by atoms with Crippen LogP contribution in [0.2, 0.25) is 0 Å². The lowest BCUT2D eigenvalue weighted by Crippen LogP contribution is -2.01.